The number of rotatable bonds is 2. The number of nitrogens with zero attached hydrogens (tertiary/aromatic N) is 1. The molecule has 1 aliphatic rings. The Hall–Kier alpha value is -2.49. The number of amides is 1. The fourth-order valence-electron chi connectivity index (χ4n) is 2.56. The van der Waals surface area contributed by atoms with Crippen LogP contribution in [0.4, 0.5) is 11.4 Å². The summed E-state index contributed by atoms with van der Waals surface area (Å²) in [4.78, 5) is 14.7. The zero-order valence-electron chi connectivity index (χ0n) is 12.0. The number of anilines is 2. The van der Waals surface area contributed by atoms with E-state index in [9.17, 15) is 4.79 Å². The van der Waals surface area contributed by atoms with E-state index in [4.69, 9.17) is 4.74 Å². The molecule has 21 heavy (non-hydrogen) atoms. The quantitative estimate of drug-likeness (QED) is 0.920. The fraction of sp³-hybridized carbons (Fsp3) is 0.235. The van der Waals surface area contributed by atoms with Gasteiger partial charge in [-0.05, 0) is 36.8 Å². The minimum Gasteiger partial charge on any atom is -0.497 e. The van der Waals surface area contributed by atoms with E-state index >= 15 is 0 Å². The Morgan fingerprint density at radius 3 is 2.90 bits per heavy atom. The molecule has 0 saturated heterocycles. The highest BCUT2D eigenvalue weighted by atomic mass is 16.5. The van der Waals surface area contributed by atoms with Crippen LogP contribution in [0.2, 0.25) is 0 Å². The van der Waals surface area contributed by atoms with Crippen molar-refractivity contribution in [3.05, 3.63) is 54.1 Å². The molecule has 0 fully saturated rings. The molecule has 1 heterocycles. The Morgan fingerprint density at radius 2 is 2.05 bits per heavy atom. The minimum absolute atomic E-state index is 0.00468. The topological polar surface area (TPSA) is 41.6 Å². The minimum atomic E-state index is 0.00468. The summed E-state index contributed by atoms with van der Waals surface area (Å²) >= 11 is 0. The third-order valence-electron chi connectivity index (χ3n) is 3.63. The van der Waals surface area contributed by atoms with E-state index in [1.165, 1.54) is 0 Å². The third-order valence-corrected chi connectivity index (χ3v) is 3.63. The van der Waals surface area contributed by atoms with Gasteiger partial charge in [-0.3, -0.25) is 4.79 Å². The second kappa shape index (κ2) is 5.87. The van der Waals surface area contributed by atoms with Gasteiger partial charge in [0.2, 0.25) is 0 Å². The summed E-state index contributed by atoms with van der Waals surface area (Å²) in [5.41, 5.74) is 2.58. The number of para-hydroxylation sites is 2. The van der Waals surface area contributed by atoms with Crippen LogP contribution in [0.3, 0.4) is 0 Å². The van der Waals surface area contributed by atoms with E-state index in [1.54, 1.807) is 13.2 Å². The number of nitrogens with one attached hydrogen (secondary N) is 1. The van der Waals surface area contributed by atoms with E-state index in [2.05, 4.69) is 5.32 Å². The standard InChI is InChI=1S/C17H18N2O2/c1-21-14-7-4-6-13(12-14)17(20)19-11-5-10-18-15-8-2-3-9-16(15)19/h2-4,6-9,12,18H,5,10-11H2,1H3. The number of carbonyl (C=O) groups excluding carboxylic acids is 1. The van der Waals surface area contributed by atoms with Crippen molar-refractivity contribution in [2.75, 3.05) is 30.4 Å². The summed E-state index contributed by atoms with van der Waals surface area (Å²) in [6, 6.07) is 15.2. The molecule has 1 amide bonds. The first kappa shape index (κ1) is 13.5. The van der Waals surface area contributed by atoms with Gasteiger partial charge in [-0.1, -0.05) is 18.2 Å². The van der Waals surface area contributed by atoms with Crippen molar-refractivity contribution >= 4 is 17.3 Å². The Balaban J connectivity index is 1.97. The SMILES string of the molecule is COc1cccc(C(=O)N2CCCNc3ccccc32)c1. The number of fused-ring (bicyclic) bond motifs is 1. The molecule has 0 bridgehead atoms. The monoisotopic (exact) mass is 282 g/mol. The van der Waals surface area contributed by atoms with Crippen molar-refractivity contribution in [2.45, 2.75) is 6.42 Å². The Labute approximate surface area is 124 Å². The van der Waals surface area contributed by atoms with E-state index in [0.717, 1.165) is 24.3 Å². The van der Waals surface area contributed by atoms with Crippen LogP contribution in [0.25, 0.3) is 0 Å². The molecule has 0 radical (unpaired) electrons. The zero-order valence-corrected chi connectivity index (χ0v) is 12.0. The molecule has 4 nitrogen and oxygen atoms in total. The molecule has 4 heteroatoms. The van der Waals surface area contributed by atoms with Gasteiger partial charge >= 0.3 is 0 Å². The van der Waals surface area contributed by atoms with Gasteiger partial charge in [0.15, 0.2) is 0 Å². The highest BCUT2D eigenvalue weighted by Crippen LogP contribution is 2.29. The molecule has 108 valence electrons. The summed E-state index contributed by atoms with van der Waals surface area (Å²) in [5.74, 6) is 0.701. The molecule has 0 aliphatic carbocycles. The van der Waals surface area contributed by atoms with E-state index in [-0.39, 0.29) is 5.91 Å². The second-order valence-electron chi connectivity index (χ2n) is 4.99. The smallest absolute Gasteiger partial charge is 0.258 e. The molecule has 0 saturated carbocycles. The number of hydrogen-bond donors (Lipinski definition) is 1. The lowest BCUT2D eigenvalue weighted by Crippen LogP contribution is -2.31. The van der Waals surface area contributed by atoms with Crippen LogP contribution < -0.4 is 15.0 Å². The molecule has 3 rings (SSSR count). The van der Waals surface area contributed by atoms with Gasteiger partial charge in [0.25, 0.3) is 5.91 Å². The highest BCUT2D eigenvalue weighted by molar-refractivity contribution is 6.08. The largest absolute Gasteiger partial charge is 0.497 e. The Bertz CT molecular complexity index is 655. The zero-order chi connectivity index (χ0) is 14.7. The predicted octanol–water partition coefficient (Wildman–Crippen LogP) is 3.16. The van der Waals surface area contributed by atoms with Gasteiger partial charge in [0.05, 0.1) is 18.5 Å². The van der Waals surface area contributed by atoms with Crippen molar-refractivity contribution in [2.24, 2.45) is 0 Å². The number of benzene rings is 2. The van der Waals surface area contributed by atoms with Crippen molar-refractivity contribution in [3.63, 3.8) is 0 Å². The molecule has 1 N–H and O–H groups in total. The summed E-state index contributed by atoms with van der Waals surface area (Å²) in [7, 11) is 1.61. The number of methoxy groups -OCH3 is 1. The summed E-state index contributed by atoms with van der Waals surface area (Å²) in [6.07, 6.45) is 0.921. The van der Waals surface area contributed by atoms with Gasteiger partial charge in [0.1, 0.15) is 5.75 Å². The summed E-state index contributed by atoms with van der Waals surface area (Å²) in [6.45, 7) is 1.58. The van der Waals surface area contributed by atoms with Crippen LogP contribution in [0.5, 0.6) is 5.75 Å². The molecule has 2 aromatic carbocycles. The first-order valence-corrected chi connectivity index (χ1v) is 7.08. The highest BCUT2D eigenvalue weighted by Gasteiger charge is 2.22. The van der Waals surface area contributed by atoms with Crippen molar-refractivity contribution in [1.82, 2.24) is 0 Å². The van der Waals surface area contributed by atoms with Crippen LogP contribution in [0.15, 0.2) is 48.5 Å². The van der Waals surface area contributed by atoms with Crippen LogP contribution in [0.1, 0.15) is 16.8 Å². The Kier molecular flexibility index (Phi) is 3.77. The average molecular weight is 282 g/mol. The van der Waals surface area contributed by atoms with Crippen LogP contribution in [-0.4, -0.2) is 26.1 Å². The second-order valence-corrected chi connectivity index (χ2v) is 4.99. The van der Waals surface area contributed by atoms with Crippen LogP contribution in [0, 0.1) is 0 Å². The number of hydrogen-bond acceptors (Lipinski definition) is 3. The number of ether oxygens (including phenoxy) is 1. The van der Waals surface area contributed by atoms with Gasteiger partial charge in [-0.2, -0.15) is 0 Å². The van der Waals surface area contributed by atoms with E-state index in [0.29, 0.717) is 17.9 Å². The fourth-order valence-corrected chi connectivity index (χ4v) is 2.56. The molecule has 0 spiro atoms. The summed E-state index contributed by atoms with van der Waals surface area (Å²) < 4.78 is 5.20. The van der Waals surface area contributed by atoms with Gasteiger partial charge in [0, 0.05) is 18.7 Å². The lowest BCUT2D eigenvalue weighted by molar-refractivity contribution is 0.0987. The molecular formula is C17H18N2O2. The normalized spacial score (nSPS) is 13.9. The lowest BCUT2D eigenvalue weighted by atomic mass is 10.1. The first-order chi connectivity index (χ1) is 10.3. The van der Waals surface area contributed by atoms with Crippen molar-refractivity contribution in [3.8, 4) is 5.75 Å². The number of carbonyl (C=O) groups is 1. The van der Waals surface area contributed by atoms with Crippen LogP contribution in [-0.2, 0) is 0 Å². The molecule has 0 atom stereocenters. The van der Waals surface area contributed by atoms with Crippen molar-refractivity contribution in [1.29, 1.82) is 0 Å². The first-order valence-electron chi connectivity index (χ1n) is 7.08. The lowest BCUT2D eigenvalue weighted by Gasteiger charge is -2.22. The Morgan fingerprint density at radius 1 is 1.19 bits per heavy atom. The van der Waals surface area contributed by atoms with Gasteiger partial charge in [-0.15, -0.1) is 0 Å². The van der Waals surface area contributed by atoms with E-state index < -0.39 is 0 Å². The molecular weight excluding hydrogens is 264 g/mol. The van der Waals surface area contributed by atoms with E-state index in [1.807, 2.05) is 47.4 Å². The third kappa shape index (κ3) is 2.70. The molecule has 0 aromatic heterocycles. The maximum atomic E-state index is 12.8. The van der Waals surface area contributed by atoms with Crippen molar-refractivity contribution < 1.29 is 9.53 Å². The molecule has 0 unspecified atom stereocenters. The maximum absolute atomic E-state index is 12.8. The predicted molar refractivity (Wildman–Crippen MR) is 84.2 cm³/mol. The van der Waals surface area contributed by atoms with Crippen LogP contribution >= 0.6 is 0 Å². The molecule has 2 aromatic rings. The maximum Gasteiger partial charge on any atom is 0.258 e. The average Bonchev–Trinajstić information content (AvgIpc) is 2.76. The summed E-state index contributed by atoms with van der Waals surface area (Å²) in [5, 5.41) is 3.37. The molecule has 1 aliphatic heterocycles. The van der Waals surface area contributed by atoms with Gasteiger partial charge in [-0.25, -0.2) is 0 Å². The van der Waals surface area contributed by atoms with Gasteiger partial charge < -0.3 is 15.0 Å².